The Morgan fingerprint density at radius 2 is 1.34 bits per heavy atom. The summed E-state index contributed by atoms with van der Waals surface area (Å²) in [5.41, 5.74) is -1.59. The van der Waals surface area contributed by atoms with Crippen LogP contribution in [0.15, 0.2) is 42.5 Å². The van der Waals surface area contributed by atoms with Crippen molar-refractivity contribution >= 4 is 24.1 Å². The maximum absolute atomic E-state index is 12.7. The van der Waals surface area contributed by atoms with Gasteiger partial charge in [0.05, 0.1) is 16.2 Å². The molecule has 0 aliphatic heterocycles. The summed E-state index contributed by atoms with van der Waals surface area (Å²) < 4.78 is 26.2. The molecule has 1 aliphatic carbocycles. The molecule has 0 unspecified atom stereocenters. The zero-order valence-corrected chi connectivity index (χ0v) is 32.8. The standard InChI is InChI=1S/C44H62O9/c1-8-29-42(3,4)39(46)49-31-44(7,32-50-40(47)43(5,6)30-9-2)33-51-41(48)53-34-52-38(45)28-19-11-10-17-24-36-26-20-27-37(36)25-18-13-16-23-35-21-14-12-15-22-35/h1-2,10,12,14-15,17,21-22,36-37H,11,13,16,18-20,23-34H2,3-7H3/b17-10-/t36-,37-/m0/s1. The molecule has 9 heteroatoms. The minimum absolute atomic E-state index is 0.160. The molecule has 0 saturated heterocycles. The predicted molar refractivity (Wildman–Crippen MR) is 205 cm³/mol. The molecule has 0 heterocycles. The van der Waals surface area contributed by atoms with Crippen LogP contribution in [-0.2, 0) is 44.5 Å². The first-order chi connectivity index (χ1) is 25.2. The third-order valence-electron chi connectivity index (χ3n) is 9.79. The van der Waals surface area contributed by atoms with Crippen molar-refractivity contribution in [1.29, 1.82) is 0 Å². The highest BCUT2D eigenvalue weighted by atomic mass is 16.8. The minimum Gasteiger partial charge on any atom is -0.464 e. The molecule has 0 bridgehead atoms. The summed E-state index contributed by atoms with van der Waals surface area (Å²) in [5, 5.41) is 0. The molecule has 0 aromatic heterocycles. The number of hydrogen-bond acceptors (Lipinski definition) is 9. The van der Waals surface area contributed by atoms with Crippen LogP contribution in [0.25, 0.3) is 0 Å². The molecule has 53 heavy (non-hydrogen) atoms. The van der Waals surface area contributed by atoms with Gasteiger partial charge in [-0.2, -0.15) is 0 Å². The summed E-state index contributed by atoms with van der Waals surface area (Å²) in [6.45, 7) is 6.84. The lowest BCUT2D eigenvalue weighted by Crippen LogP contribution is -2.40. The molecule has 1 aliphatic rings. The molecule has 0 N–H and O–H groups in total. The van der Waals surface area contributed by atoms with Crippen LogP contribution in [0.2, 0.25) is 0 Å². The molecule has 1 aromatic carbocycles. The van der Waals surface area contributed by atoms with E-state index in [0.29, 0.717) is 6.42 Å². The third-order valence-corrected chi connectivity index (χ3v) is 9.79. The number of carbonyl (C=O) groups is 4. The highest BCUT2D eigenvalue weighted by Gasteiger charge is 2.37. The molecule has 292 valence electrons. The first-order valence-corrected chi connectivity index (χ1v) is 19.1. The van der Waals surface area contributed by atoms with Crippen LogP contribution in [0.3, 0.4) is 0 Å². The monoisotopic (exact) mass is 734 g/mol. The van der Waals surface area contributed by atoms with Crippen LogP contribution < -0.4 is 0 Å². The number of aryl methyl sites for hydroxylation is 1. The van der Waals surface area contributed by atoms with E-state index in [4.69, 9.17) is 36.5 Å². The Labute approximate surface area is 318 Å². The normalized spacial score (nSPS) is 16.0. The summed E-state index contributed by atoms with van der Waals surface area (Å²) in [6.07, 6.45) is 27.3. The molecule has 0 spiro atoms. The summed E-state index contributed by atoms with van der Waals surface area (Å²) in [7, 11) is 0. The van der Waals surface area contributed by atoms with Gasteiger partial charge in [0, 0.05) is 19.3 Å². The van der Waals surface area contributed by atoms with E-state index in [1.807, 2.05) is 0 Å². The Hall–Kier alpha value is -4.24. The topological polar surface area (TPSA) is 114 Å². The van der Waals surface area contributed by atoms with Crippen molar-refractivity contribution in [3.63, 3.8) is 0 Å². The van der Waals surface area contributed by atoms with E-state index in [9.17, 15) is 19.2 Å². The largest absolute Gasteiger partial charge is 0.511 e. The quantitative estimate of drug-likeness (QED) is 0.0256. The van der Waals surface area contributed by atoms with E-state index >= 15 is 0 Å². The van der Waals surface area contributed by atoms with Gasteiger partial charge in [0.1, 0.15) is 19.8 Å². The maximum atomic E-state index is 12.7. The smallest absolute Gasteiger partial charge is 0.464 e. The van der Waals surface area contributed by atoms with Crippen LogP contribution in [0.5, 0.6) is 0 Å². The fourth-order valence-electron chi connectivity index (χ4n) is 6.25. The zero-order chi connectivity index (χ0) is 39.2. The molecule has 2 rings (SSSR count). The number of benzene rings is 1. The lowest BCUT2D eigenvalue weighted by molar-refractivity contribution is -0.166. The molecular weight excluding hydrogens is 672 g/mol. The van der Waals surface area contributed by atoms with Gasteiger partial charge in [0.25, 0.3) is 0 Å². The summed E-state index contributed by atoms with van der Waals surface area (Å²) in [5.74, 6) is 4.88. The van der Waals surface area contributed by atoms with Gasteiger partial charge in [-0.1, -0.05) is 74.6 Å². The number of esters is 3. The molecule has 9 nitrogen and oxygen atoms in total. The third kappa shape index (κ3) is 17.9. The SMILES string of the molecule is C#CCC(C)(C)C(=O)OCC(C)(COC(=O)OCOC(=O)CCC/C=C\C[C@H]1CCC[C@@H]1CCCCCc1ccccc1)COC(=O)C(C)(C)CC#C. The highest BCUT2D eigenvalue weighted by Crippen LogP contribution is 2.38. The molecular formula is C44H62O9. The summed E-state index contributed by atoms with van der Waals surface area (Å²) >= 11 is 0. The number of unbranched alkanes of at least 4 members (excludes halogenated alkanes) is 3. The van der Waals surface area contributed by atoms with Crippen molar-refractivity contribution in [2.24, 2.45) is 28.1 Å². The van der Waals surface area contributed by atoms with Crippen LogP contribution in [0.1, 0.15) is 124 Å². The number of hydrogen-bond donors (Lipinski definition) is 0. The van der Waals surface area contributed by atoms with Crippen molar-refractivity contribution in [2.45, 2.75) is 125 Å². The summed E-state index contributed by atoms with van der Waals surface area (Å²) in [6, 6.07) is 10.7. The van der Waals surface area contributed by atoms with Gasteiger partial charge >= 0.3 is 24.1 Å². The van der Waals surface area contributed by atoms with Crippen LogP contribution in [0, 0.1) is 52.8 Å². The van der Waals surface area contributed by atoms with Crippen LogP contribution in [-0.4, -0.2) is 50.7 Å². The molecule has 1 aromatic rings. The Kier molecular flexibility index (Phi) is 19.9. The van der Waals surface area contributed by atoms with Crippen molar-refractivity contribution < 1.29 is 42.9 Å². The first-order valence-electron chi connectivity index (χ1n) is 19.1. The van der Waals surface area contributed by atoms with Crippen molar-refractivity contribution in [1.82, 2.24) is 0 Å². The van der Waals surface area contributed by atoms with Crippen molar-refractivity contribution in [3.8, 4) is 24.7 Å². The number of rotatable bonds is 24. The average Bonchev–Trinajstić information content (AvgIpc) is 3.57. The minimum atomic E-state index is -1.13. The zero-order valence-electron chi connectivity index (χ0n) is 32.8. The number of carbonyl (C=O) groups excluding carboxylic acids is 4. The molecule has 2 atom stereocenters. The van der Waals surface area contributed by atoms with Gasteiger partial charge in [0.15, 0.2) is 0 Å². The molecule has 1 saturated carbocycles. The fraction of sp³-hybridized carbons (Fsp3) is 0.636. The lowest BCUT2D eigenvalue weighted by Gasteiger charge is -2.31. The Balaban J connectivity index is 1.67. The van der Waals surface area contributed by atoms with Crippen LogP contribution in [0.4, 0.5) is 4.79 Å². The maximum Gasteiger partial charge on any atom is 0.511 e. The second-order valence-electron chi connectivity index (χ2n) is 15.9. The number of ether oxygens (including phenoxy) is 5. The van der Waals surface area contributed by atoms with E-state index in [2.05, 4.69) is 54.3 Å². The van der Waals surface area contributed by atoms with E-state index in [1.54, 1.807) is 34.6 Å². The van der Waals surface area contributed by atoms with E-state index in [0.717, 1.165) is 31.1 Å². The second-order valence-corrected chi connectivity index (χ2v) is 15.9. The molecule has 1 fully saturated rings. The predicted octanol–water partition coefficient (Wildman–Crippen LogP) is 9.17. The number of allylic oxidation sites excluding steroid dienone is 2. The summed E-state index contributed by atoms with van der Waals surface area (Å²) in [4.78, 5) is 49.9. The van der Waals surface area contributed by atoms with Gasteiger partial charge in [-0.05, 0) is 90.5 Å². The Morgan fingerprint density at radius 1 is 0.736 bits per heavy atom. The Bertz CT molecular complexity index is 1350. The van der Waals surface area contributed by atoms with Crippen molar-refractivity contribution in [3.05, 3.63) is 48.0 Å². The van der Waals surface area contributed by atoms with Gasteiger partial charge in [-0.25, -0.2) is 4.79 Å². The van der Waals surface area contributed by atoms with Crippen molar-refractivity contribution in [2.75, 3.05) is 26.6 Å². The molecule has 0 amide bonds. The van der Waals surface area contributed by atoms with E-state index in [1.165, 1.54) is 50.5 Å². The molecule has 0 radical (unpaired) electrons. The first kappa shape index (κ1) is 44.9. The van der Waals surface area contributed by atoms with Gasteiger partial charge in [-0.15, -0.1) is 24.7 Å². The highest BCUT2D eigenvalue weighted by molar-refractivity contribution is 5.77. The van der Waals surface area contributed by atoms with Gasteiger partial charge < -0.3 is 23.7 Å². The van der Waals surface area contributed by atoms with Gasteiger partial charge in [-0.3, -0.25) is 14.4 Å². The van der Waals surface area contributed by atoms with Gasteiger partial charge in [0.2, 0.25) is 6.79 Å². The Morgan fingerprint density at radius 3 is 1.96 bits per heavy atom. The number of terminal acetylenes is 2. The average molecular weight is 735 g/mol. The van der Waals surface area contributed by atoms with Crippen LogP contribution >= 0.6 is 0 Å². The fourth-order valence-corrected chi connectivity index (χ4v) is 6.25. The van der Waals surface area contributed by atoms with E-state index in [-0.39, 0.29) is 39.1 Å². The van der Waals surface area contributed by atoms with E-state index < -0.39 is 47.1 Å². The second kappa shape index (κ2) is 23.4. The lowest BCUT2D eigenvalue weighted by atomic mass is 9.88.